The quantitative estimate of drug-likeness (QED) is 0.200. The molecule has 0 rings (SSSR count). The van der Waals surface area contributed by atoms with Crippen LogP contribution >= 0.6 is 0 Å². The second kappa shape index (κ2) is 10.9. The van der Waals surface area contributed by atoms with E-state index in [-0.39, 0.29) is 29.6 Å². The second-order valence-electron chi connectivity index (χ2n) is 8.27. The van der Waals surface area contributed by atoms with Crippen molar-refractivity contribution in [1.29, 1.82) is 0 Å². The Balaban J connectivity index is 5.42. The van der Waals surface area contributed by atoms with Crippen LogP contribution in [0, 0.1) is 5.92 Å². The number of esters is 1. The molecular formula is C21H38O4Si. The predicted molar refractivity (Wildman–Crippen MR) is 112 cm³/mol. The van der Waals surface area contributed by atoms with Gasteiger partial charge in [0.05, 0.1) is 19.3 Å². The average molecular weight is 383 g/mol. The summed E-state index contributed by atoms with van der Waals surface area (Å²) in [5, 5.41) is 9.27. The van der Waals surface area contributed by atoms with Crippen molar-refractivity contribution in [3.05, 3.63) is 35.5 Å². The molecule has 0 saturated carbocycles. The lowest BCUT2D eigenvalue weighted by Gasteiger charge is -2.39. The van der Waals surface area contributed by atoms with E-state index in [0.29, 0.717) is 12.2 Å². The Hall–Kier alpha value is -1.17. The molecule has 0 saturated heterocycles. The molecule has 5 heteroatoms. The topological polar surface area (TPSA) is 55.8 Å². The monoisotopic (exact) mass is 382 g/mol. The highest BCUT2D eigenvalue weighted by Gasteiger charge is 2.39. The van der Waals surface area contributed by atoms with Crippen molar-refractivity contribution in [3.63, 3.8) is 0 Å². The van der Waals surface area contributed by atoms with Crippen LogP contribution in [0.3, 0.4) is 0 Å². The van der Waals surface area contributed by atoms with E-state index in [2.05, 4.69) is 46.9 Å². The number of hydrogen-bond donors (Lipinski definition) is 1. The predicted octanol–water partition coefficient (Wildman–Crippen LogP) is 5.02. The minimum Gasteiger partial charge on any atom is -0.463 e. The lowest BCUT2D eigenvalue weighted by Crippen LogP contribution is -2.44. The Morgan fingerprint density at radius 2 is 1.81 bits per heavy atom. The summed E-state index contributed by atoms with van der Waals surface area (Å²) in [5.74, 6) is -0.180. The van der Waals surface area contributed by atoms with E-state index in [1.165, 1.54) is 0 Å². The number of hydrogen-bond acceptors (Lipinski definition) is 4. The molecule has 150 valence electrons. The van der Waals surface area contributed by atoms with Gasteiger partial charge in [-0.15, -0.1) is 0 Å². The SMILES string of the molecule is CCOC(=O)/C(C)=C/C(C)=C/[C@@H](C)[C@@H](/C=C/CO)O[Si](C)(C)C(C)(C)C. The molecule has 0 aliphatic rings. The first-order valence-electron chi connectivity index (χ1n) is 9.35. The van der Waals surface area contributed by atoms with Gasteiger partial charge >= 0.3 is 5.97 Å². The number of aliphatic hydroxyl groups excluding tert-OH is 1. The Kier molecular flexibility index (Phi) is 10.4. The minimum atomic E-state index is -1.94. The van der Waals surface area contributed by atoms with Crippen LogP contribution in [-0.2, 0) is 14.0 Å². The molecule has 0 bridgehead atoms. The summed E-state index contributed by atoms with van der Waals surface area (Å²) in [5.41, 5.74) is 1.57. The zero-order valence-corrected chi connectivity index (χ0v) is 19.1. The van der Waals surface area contributed by atoms with Gasteiger partial charge in [-0.25, -0.2) is 4.79 Å². The smallest absolute Gasteiger partial charge is 0.333 e. The van der Waals surface area contributed by atoms with E-state index >= 15 is 0 Å². The first-order valence-corrected chi connectivity index (χ1v) is 12.3. The maximum absolute atomic E-state index is 11.8. The highest BCUT2D eigenvalue weighted by atomic mass is 28.4. The third kappa shape index (κ3) is 8.47. The fourth-order valence-corrected chi connectivity index (χ4v) is 3.56. The van der Waals surface area contributed by atoms with Crippen molar-refractivity contribution >= 4 is 14.3 Å². The number of rotatable bonds is 9. The van der Waals surface area contributed by atoms with Crippen molar-refractivity contribution < 1.29 is 19.1 Å². The molecule has 0 unspecified atom stereocenters. The van der Waals surface area contributed by atoms with Crippen molar-refractivity contribution in [2.24, 2.45) is 5.92 Å². The van der Waals surface area contributed by atoms with E-state index in [4.69, 9.17) is 14.3 Å². The van der Waals surface area contributed by atoms with Crippen LogP contribution in [0.5, 0.6) is 0 Å². The average Bonchev–Trinajstić information content (AvgIpc) is 2.49. The molecule has 0 spiro atoms. The summed E-state index contributed by atoms with van der Waals surface area (Å²) in [6.07, 6.45) is 7.50. The van der Waals surface area contributed by atoms with E-state index in [9.17, 15) is 4.79 Å². The lowest BCUT2D eigenvalue weighted by molar-refractivity contribution is -0.138. The molecule has 0 aliphatic heterocycles. The standard InChI is InChI=1S/C21H38O4Si/c1-10-24-20(23)18(4)15-16(2)14-17(3)19(12-11-13-22)25-26(8,9)21(5,6)7/h11-12,14-15,17,19,22H,10,13H2,1-9H3/b12-11+,16-14+,18-15+/t17-,19-/m1/s1. The molecule has 4 nitrogen and oxygen atoms in total. The molecule has 26 heavy (non-hydrogen) atoms. The summed E-state index contributed by atoms with van der Waals surface area (Å²) >= 11 is 0. The van der Waals surface area contributed by atoms with Crippen molar-refractivity contribution in [1.82, 2.24) is 0 Å². The molecule has 0 amide bonds. The van der Waals surface area contributed by atoms with Crippen LogP contribution in [0.4, 0.5) is 0 Å². The van der Waals surface area contributed by atoms with Crippen molar-refractivity contribution in [2.75, 3.05) is 13.2 Å². The zero-order chi connectivity index (χ0) is 20.5. The van der Waals surface area contributed by atoms with Gasteiger partial charge in [-0.1, -0.05) is 51.5 Å². The second-order valence-corrected chi connectivity index (χ2v) is 13.0. The normalized spacial score (nSPS) is 16.7. The van der Waals surface area contributed by atoms with Gasteiger partial charge in [0.2, 0.25) is 0 Å². The van der Waals surface area contributed by atoms with Crippen molar-refractivity contribution in [3.8, 4) is 0 Å². The van der Waals surface area contributed by atoms with Gasteiger partial charge in [0, 0.05) is 11.5 Å². The van der Waals surface area contributed by atoms with Gasteiger partial charge in [-0.2, -0.15) is 0 Å². The summed E-state index contributed by atoms with van der Waals surface area (Å²) in [6, 6.07) is 0. The molecular weight excluding hydrogens is 344 g/mol. The van der Waals surface area contributed by atoms with E-state index in [1.54, 1.807) is 19.9 Å². The number of allylic oxidation sites excluding steroid dienone is 2. The van der Waals surface area contributed by atoms with Gasteiger partial charge in [-0.3, -0.25) is 0 Å². The first-order chi connectivity index (χ1) is 11.9. The Morgan fingerprint density at radius 3 is 2.27 bits per heavy atom. The van der Waals surface area contributed by atoms with Gasteiger partial charge < -0.3 is 14.3 Å². The molecule has 0 radical (unpaired) electrons. The van der Waals surface area contributed by atoms with Gasteiger partial charge in [0.1, 0.15) is 0 Å². The molecule has 1 N–H and O–H groups in total. The Bertz CT molecular complexity index is 539. The van der Waals surface area contributed by atoms with Crippen LogP contribution in [-0.4, -0.2) is 38.7 Å². The van der Waals surface area contributed by atoms with Gasteiger partial charge in [-0.05, 0) is 45.0 Å². The van der Waals surface area contributed by atoms with Crippen LogP contribution in [0.25, 0.3) is 0 Å². The van der Waals surface area contributed by atoms with Crippen LogP contribution in [0.1, 0.15) is 48.5 Å². The fraction of sp³-hybridized carbons (Fsp3) is 0.667. The van der Waals surface area contributed by atoms with Gasteiger partial charge in [0.15, 0.2) is 8.32 Å². The molecule has 0 aromatic heterocycles. The molecule has 0 aliphatic carbocycles. The maximum Gasteiger partial charge on any atom is 0.333 e. The Morgan fingerprint density at radius 1 is 1.23 bits per heavy atom. The largest absolute Gasteiger partial charge is 0.463 e. The summed E-state index contributed by atoms with van der Waals surface area (Å²) < 4.78 is 11.6. The maximum atomic E-state index is 11.8. The highest BCUT2D eigenvalue weighted by molar-refractivity contribution is 6.74. The number of carbonyl (C=O) groups excluding carboxylic acids is 1. The first kappa shape index (κ1) is 24.8. The highest BCUT2D eigenvalue weighted by Crippen LogP contribution is 2.38. The molecule has 2 atom stereocenters. The summed E-state index contributed by atoms with van der Waals surface area (Å²) in [6.45, 7) is 19.1. The summed E-state index contributed by atoms with van der Waals surface area (Å²) in [7, 11) is -1.94. The number of ether oxygens (including phenoxy) is 1. The van der Waals surface area contributed by atoms with Gasteiger partial charge in [0.25, 0.3) is 0 Å². The molecule has 0 aromatic rings. The van der Waals surface area contributed by atoms with E-state index in [1.807, 2.05) is 19.1 Å². The van der Waals surface area contributed by atoms with Crippen molar-refractivity contribution in [2.45, 2.75) is 72.7 Å². The Labute approximate surface area is 161 Å². The molecule has 0 fully saturated rings. The lowest BCUT2D eigenvalue weighted by atomic mass is 10.0. The van der Waals surface area contributed by atoms with Crippen LogP contribution in [0.15, 0.2) is 35.5 Å². The molecule has 0 heterocycles. The van der Waals surface area contributed by atoms with E-state index < -0.39 is 8.32 Å². The number of carbonyl (C=O) groups is 1. The van der Waals surface area contributed by atoms with E-state index in [0.717, 1.165) is 5.57 Å². The molecule has 0 aromatic carbocycles. The summed E-state index contributed by atoms with van der Waals surface area (Å²) in [4.78, 5) is 11.8. The zero-order valence-electron chi connectivity index (χ0n) is 18.1. The third-order valence-corrected chi connectivity index (χ3v) is 9.23. The van der Waals surface area contributed by atoms with Crippen LogP contribution in [0.2, 0.25) is 18.1 Å². The minimum absolute atomic E-state index is 0.00531. The number of aliphatic hydroxyl groups is 1. The third-order valence-electron chi connectivity index (χ3n) is 4.75. The fourth-order valence-electron chi connectivity index (χ4n) is 2.24. The van der Waals surface area contributed by atoms with Crippen LogP contribution < -0.4 is 0 Å².